The lowest BCUT2D eigenvalue weighted by atomic mass is 10.0. The highest BCUT2D eigenvalue weighted by Gasteiger charge is 2.27. The minimum absolute atomic E-state index is 0.364. The van der Waals surface area contributed by atoms with Gasteiger partial charge in [-0.1, -0.05) is 0 Å². The molecule has 3 heterocycles. The minimum Gasteiger partial charge on any atom is -0.370 e. The van der Waals surface area contributed by atoms with Crippen LogP contribution in [-0.4, -0.2) is 74.1 Å². The summed E-state index contributed by atoms with van der Waals surface area (Å²) >= 11 is 0. The van der Waals surface area contributed by atoms with Gasteiger partial charge in [0.15, 0.2) is 0 Å². The first-order chi connectivity index (χ1) is 11.6. The van der Waals surface area contributed by atoms with Gasteiger partial charge >= 0.3 is 0 Å². The molecule has 0 saturated carbocycles. The van der Waals surface area contributed by atoms with E-state index in [1.807, 2.05) is 6.07 Å². The van der Waals surface area contributed by atoms with Gasteiger partial charge in [-0.25, -0.2) is 13.4 Å². The monoisotopic (exact) mass is 353 g/mol. The molecular formula is C16H27N5O2S. The molecule has 3 rings (SSSR count). The van der Waals surface area contributed by atoms with E-state index in [2.05, 4.69) is 32.0 Å². The largest absolute Gasteiger partial charge is 0.370 e. The fourth-order valence-electron chi connectivity index (χ4n) is 3.40. The molecular weight excluding hydrogens is 326 g/mol. The zero-order valence-corrected chi connectivity index (χ0v) is 15.1. The van der Waals surface area contributed by atoms with Crippen LogP contribution in [0.2, 0.25) is 0 Å². The summed E-state index contributed by atoms with van der Waals surface area (Å²) in [7, 11) is -2.76. The van der Waals surface area contributed by atoms with Crippen molar-refractivity contribution < 1.29 is 8.42 Å². The summed E-state index contributed by atoms with van der Waals surface area (Å²) in [6, 6.07) is 1.89. The number of nitrogens with zero attached hydrogens (tertiary/aromatic N) is 4. The number of anilines is 2. The Morgan fingerprint density at radius 2 is 1.92 bits per heavy atom. The van der Waals surface area contributed by atoms with Crippen LogP contribution in [0.3, 0.4) is 0 Å². The number of rotatable bonds is 5. The first-order valence-electron chi connectivity index (χ1n) is 8.80. The molecule has 24 heavy (non-hydrogen) atoms. The molecule has 0 spiro atoms. The summed E-state index contributed by atoms with van der Waals surface area (Å²) in [6.45, 7) is 7.72. The fourth-order valence-corrected chi connectivity index (χ4v) is 4.99. The molecule has 134 valence electrons. The number of aromatic nitrogens is 2. The van der Waals surface area contributed by atoms with Crippen LogP contribution < -0.4 is 10.2 Å². The Morgan fingerprint density at radius 3 is 2.58 bits per heavy atom. The fraction of sp³-hybridized carbons (Fsp3) is 0.750. The van der Waals surface area contributed by atoms with E-state index < -0.39 is 9.84 Å². The summed E-state index contributed by atoms with van der Waals surface area (Å²) in [5, 5.41) is 3.22. The van der Waals surface area contributed by atoms with Gasteiger partial charge in [-0.2, -0.15) is 4.98 Å². The van der Waals surface area contributed by atoms with E-state index in [4.69, 9.17) is 0 Å². The number of sulfone groups is 1. The highest BCUT2D eigenvalue weighted by atomic mass is 32.2. The Labute approximate surface area is 144 Å². The molecule has 0 aliphatic carbocycles. The van der Waals surface area contributed by atoms with Crippen molar-refractivity contribution >= 4 is 21.6 Å². The van der Waals surface area contributed by atoms with Crippen LogP contribution in [0.1, 0.15) is 19.8 Å². The molecule has 8 heteroatoms. The third-order valence-corrected chi connectivity index (χ3v) is 6.56. The predicted octanol–water partition coefficient (Wildman–Crippen LogP) is 0.855. The molecule has 1 N–H and O–H groups in total. The van der Waals surface area contributed by atoms with E-state index in [1.54, 1.807) is 6.20 Å². The van der Waals surface area contributed by atoms with Crippen molar-refractivity contribution in [1.29, 1.82) is 0 Å². The maximum absolute atomic E-state index is 11.5. The van der Waals surface area contributed by atoms with Crippen molar-refractivity contribution in [1.82, 2.24) is 14.9 Å². The lowest BCUT2D eigenvalue weighted by Crippen LogP contribution is -2.48. The summed E-state index contributed by atoms with van der Waals surface area (Å²) in [5.41, 5.74) is 0. The Morgan fingerprint density at radius 1 is 1.21 bits per heavy atom. The molecule has 2 aliphatic rings. The van der Waals surface area contributed by atoms with Crippen molar-refractivity contribution in [3.63, 3.8) is 0 Å². The molecule has 2 aliphatic heterocycles. The average molecular weight is 353 g/mol. The van der Waals surface area contributed by atoms with E-state index in [-0.39, 0.29) is 0 Å². The molecule has 0 bridgehead atoms. The molecule has 1 aromatic rings. The van der Waals surface area contributed by atoms with E-state index in [0.717, 1.165) is 63.9 Å². The Kier molecular flexibility index (Phi) is 5.55. The first kappa shape index (κ1) is 17.4. The van der Waals surface area contributed by atoms with E-state index in [9.17, 15) is 8.42 Å². The quantitative estimate of drug-likeness (QED) is 0.841. The molecule has 2 saturated heterocycles. The van der Waals surface area contributed by atoms with Crippen LogP contribution in [0.4, 0.5) is 11.8 Å². The molecule has 0 unspecified atom stereocenters. The minimum atomic E-state index is -2.76. The molecule has 7 nitrogen and oxygen atoms in total. The molecule has 0 aromatic carbocycles. The standard InChI is InChI=1S/C16H27N5O2S/c1-2-17-15-3-6-18-16(19-15)21-9-7-20(8-10-21)13-14-4-11-24(22,23)12-5-14/h3,6,14H,2,4-5,7-13H2,1H3,(H,17,18,19). The van der Waals surface area contributed by atoms with E-state index >= 15 is 0 Å². The zero-order valence-electron chi connectivity index (χ0n) is 14.3. The van der Waals surface area contributed by atoms with Crippen LogP contribution in [0.15, 0.2) is 12.3 Å². The van der Waals surface area contributed by atoms with Gasteiger partial charge in [0.1, 0.15) is 15.7 Å². The number of hydrogen-bond acceptors (Lipinski definition) is 7. The van der Waals surface area contributed by atoms with Crippen LogP contribution in [0, 0.1) is 5.92 Å². The molecule has 0 atom stereocenters. The number of nitrogens with one attached hydrogen (secondary N) is 1. The Bertz CT molecular complexity index is 630. The SMILES string of the molecule is CCNc1ccnc(N2CCN(CC3CCS(=O)(=O)CC3)CC2)n1. The maximum atomic E-state index is 11.5. The van der Waals surface area contributed by atoms with Crippen LogP contribution in [0.25, 0.3) is 0 Å². The molecule has 2 fully saturated rings. The smallest absolute Gasteiger partial charge is 0.227 e. The molecule has 0 radical (unpaired) electrons. The van der Waals surface area contributed by atoms with Crippen LogP contribution in [-0.2, 0) is 9.84 Å². The third-order valence-electron chi connectivity index (χ3n) is 4.85. The summed E-state index contributed by atoms with van der Waals surface area (Å²) in [6.07, 6.45) is 3.43. The topological polar surface area (TPSA) is 78.4 Å². The van der Waals surface area contributed by atoms with Gasteiger partial charge in [0, 0.05) is 45.5 Å². The maximum Gasteiger partial charge on any atom is 0.227 e. The number of hydrogen-bond donors (Lipinski definition) is 1. The molecule has 1 aromatic heterocycles. The van der Waals surface area contributed by atoms with Gasteiger partial charge in [-0.3, -0.25) is 4.90 Å². The summed E-state index contributed by atoms with van der Waals surface area (Å²) in [4.78, 5) is 13.6. The second-order valence-electron chi connectivity index (χ2n) is 6.66. The second-order valence-corrected chi connectivity index (χ2v) is 8.96. The van der Waals surface area contributed by atoms with Gasteiger partial charge in [0.25, 0.3) is 0 Å². The normalized spacial score (nSPS) is 22.5. The lowest BCUT2D eigenvalue weighted by Gasteiger charge is -2.37. The van der Waals surface area contributed by atoms with Crippen molar-refractivity contribution in [3.8, 4) is 0 Å². The van der Waals surface area contributed by atoms with Crippen LogP contribution in [0.5, 0.6) is 0 Å². The van der Waals surface area contributed by atoms with E-state index in [1.165, 1.54) is 0 Å². The highest BCUT2D eigenvalue weighted by Crippen LogP contribution is 2.21. The molecule has 0 amide bonds. The van der Waals surface area contributed by atoms with Gasteiger partial charge < -0.3 is 10.2 Å². The predicted molar refractivity (Wildman–Crippen MR) is 96.2 cm³/mol. The van der Waals surface area contributed by atoms with E-state index in [0.29, 0.717) is 17.4 Å². The van der Waals surface area contributed by atoms with Crippen molar-refractivity contribution in [2.45, 2.75) is 19.8 Å². The lowest BCUT2D eigenvalue weighted by molar-refractivity contribution is 0.210. The Hall–Kier alpha value is -1.41. The van der Waals surface area contributed by atoms with Crippen LogP contribution >= 0.6 is 0 Å². The second kappa shape index (κ2) is 7.65. The van der Waals surface area contributed by atoms with Crippen molar-refractivity contribution in [2.75, 3.05) is 61.0 Å². The van der Waals surface area contributed by atoms with Gasteiger partial charge in [-0.05, 0) is 31.7 Å². The van der Waals surface area contributed by atoms with Crippen molar-refractivity contribution in [3.05, 3.63) is 12.3 Å². The summed E-state index contributed by atoms with van der Waals surface area (Å²) in [5.74, 6) is 2.91. The van der Waals surface area contributed by atoms with Crippen molar-refractivity contribution in [2.24, 2.45) is 5.92 Å². The number of piperazine rings is 1. The first-order valence-corrected chi connectivity index (χ1v) is 10.6. The Balaban J connectivity index is 1.48. The van der Waals surface area contributed by atoms with Gasteiger partial charge in [-0.15, -0.1) is 0 Å². The van der Waals surface area contributed by atoms with Gasteiger partial charge in [0.05, 0.1) is 11.5 Å². The summed E-state index contributed by atoms with van der Waals surface area (Å²) < 4.78 is 23.0. The third kappa shape index (κ3) is 4.57. The zero-order chi connectivity index (χ0) is 17.0. The highest BCUT2D eigenvalue weighted by molar-refractivity contribution is 7.91. The average Bonchev–Trinajstić information content (AvgIpc) is 2.58. The van der Waals surface area contributed by atoms with Gasteiger partial charge in [0.2, 0.25) is 5.95 Å².